The lowest BCUT2D eigenvalue weighted by Crippen LogP contribution is -2.11. The Labute approximate surface area is 117 Å². The highest BCUT2D eigenvalue weighted by Crippen LogP contribution is 2.24. The van der Waals surface area contributed by atoms with Crippen LogP contribution in [0.1, 0.15) is 18.1 Å². The van der Waals surface area contributed by atoms with E-state index in [-0.39, 0.29) is 0 Å². The lowest BCUT2D eigenvalue weighted by atomic mass is 10.1. The summed E-state index contributed by atoms with van der Waals surface area (Å²) in [4.78, 5) is 8.09. The minimum atomic E-state index is 0.314. The Kier molecular flexibility index (Phi) is 4.19. The fourth-order valence-corrected chi connectivity index (χ4v) is 1.97. The van der Waals surface area contributed by atoms with Crippen molar-refractivity contribution < 1.29 is 0 Å². The number of anilines is 3. The molecule has 2 aromatic rings. The maximum Gasteiger partial charge on any atom is 0.239 e. The second-order valence-corrected chi connectivity index (χ2v) is 4.56. The molecule has 1 aromatic heterocycles. The summed E-state index contributed by atoms with van der Waals surface area (Å²) >= 11 is 6.05. The number of hydrazine groups is 1. The van der Waals surface area contributed by atoms with Crippen molar-refractivity contribution in [1.29, 1.82) is 0 Å². The molecule has 4 N–H and O–H groups in total. The molecule has 0 saturated carbocycles. The van der Waals surface area contributed by atoms with E-state index < -0.39 is 0 Å². The van der Waals surface area contributed by atoms with Crippen LogP contribution in [0.2, 0.25) is 5.02 Å². The summed E-state index contributed by atoms with van der Waals surface area (Å²) < 4.78 is 0. The van der Waals surface area contributed by atoms with E-state index in [1.165, 1.54) is 17.3 Å². The van der Waals surface area contributed by atoms with E-state index >= 15 is 0 Å². The molecule has 19 heavy (non-hydrogen) atoms. The molecule has 6 heteroatoms. The van der Waals surface area contributed by atoms with Gasteiger partial charge in [0.25, 0.3) is 0 Å². The van der Waals surface area contributed by atoms with Gasteiger partial charge in [0, 0.05) is 5.69 Å². The van der Waals surface area contributed by atoms with Crippen molar-refractivity contribution in [2.75, 3.05) is 10.7 Å². The molecule has 0 atom stereocenters. The zero-order valence-corrected chi connectivity index (χ0v) is 11.6. The van der Waals surface area contributed by atoms with Gasteiger partial charge in [-0.15, -0.1) is 0 Å². The van der Waals surface area contributed by atoms with Crippen LogP contribution < -0.4 is 16.6 Å². The van der Waals surface area contributed by atoms with Crippen LogP contribution in [0.25, 0.3) is 0 Å². The first-order valence-corrected chi connectivity index (χ1v) is 6.37. The van der Waals surface area contributed by atoms with Crippen LogP contribution in [0.3, 0.4) is 0 Å². The van der Waals surface area contributed by atoms with Crippen molar-refractivity contribution in [2.45, 2.75) is 20.3 Å². The molecule has 1 aromatic carbocycles. The molecule has 5 nitrogen and oxygen atoms in total. The summed E-state index contributed by atoms with van der Waals surface area (Å²) in [5.41, 5.74) is 5.87. The maximum atomic E-state index is 6.05. The van der Waals surface area contributed by atoms with E-state index in [1.807, 2.05) is 6.07 Å². The largest absolute Gasteiger partial charge is 0.339 e. The third kappa shape index (κ3) is 3.13. The third-order valence-electron chi connectivity index (χ3n) is 2.86. The van der Waals surface area contributed by atoms with Gasteiger partial charge in [-0.1, -0.05) is 24.6 Å². The van der Waals surface area contributed by atoms with E-state index in [1.54, 1.807) is 0 Å². The highest BCUT2D eigenvalue weighted by molar-refractivity contribution is 6.32. The molecule has 0 aliphatic carbocycles. The lowest BCUT2D eigenvalue weighted by molar-refractivity contribution is 1.10. The van der Waals surface area contributed by atoms with Crippen molar-refractivity contribution in [2.24, 2.45) is 5.84 Å². The molecule has 0 aliphatic rings. The predicted molar refractivity (Wildman–Crippen MR) is 78.7 cm³/mol. The number of nitrogens with zero attached hydrogens (tertiary/aromatic N) is 2. The fraction of sp³-hybridized carbons (Fsp3) is 0.231. The Balaban J connectivity index is 2.28. The first-order chi connectivity index (χ1) is 9.13. The van der Waals surface area contributed by atoms with Crippen LogP contribution in [0, 0.1) is 6.92 Å². The standard InChI is InChI=1S/C13H16ClN5/c1-3-9-4-5-10(6-8(9)2)17-12-11(14)7-16-13(18-12)19-15/h4-7H,3,15H2,1-2H3,(H2,16,17,18,19). The van der Waals surface area contributed by atoms with Crippen LogP contribution in [0.4, 0.5) is 17.5 Å². The smallest absolute Gasteiger partial charge is 0.239 e. The Bertz CT molecular complexity index is 585. The summed E-state index contributed by atoms with van der Waals surface area (Å²) in [7, 11) is 0. The minimum Gasteiger partial charge on any atom is -0.339 e. The molecule has 100 valence electrons. The number of hydrogen-bond acceptors (Lipinski definition) is 5. The molecular formula is C13H16ClN5. The second-order valence-electron chi connectivity index (χ2n) is 4.15. The van der Waals surface area contributed by atoms with E-state index in [9.17, 15) is 0 Å². The minimum absolute atomic E-state index is 0.314. The Morgan fingerprint density at radius 2 is 2.16 bits per heavy atom. The lowest BCUT2D eigenvalue weighted by Gasteiger charge is -2.10. The molecule has 0 amide bonds. The monoisotopic (exact) mass is 277 g/mol. The Hall–Kier alpha value is -1.85. The number of rotatable bonds is 4. The number of hydrogen-bond donors (Lipinski definition) is 3. The van der Waals surface area contributed by atoms with Crippen molar-refractivity contribution in [3.63, 3.8) is 0 Å². The number of aromatic nitrogens is 2. The number of benzene rings is 1. The van der Waals surface area contributed by atoms with Gasteiger partial charge in [0.1, 0.15) is 5.02 Å². The number of nitrogens with two attached hydrogens (primary N) is 1. The first-order valence-electron chi connectivity index (χ1n) is 5.99. The summed E-state index contributed by atoms with van der Waals surface area (Å²) in [5.74, 6) is 6.11. The van der Waals surface area contributed by atoms with Crippen LogP contribution in [-0.4, -0.2) is 9.97 Å². The van der Waals surface area contributed by atoms with Crippen molar-refractivity contribution in [1.82, 2.24) is 9.97 Å². The molecule has 0 unspecified atom stereocenters. The number of nitrogen functional groups attached to an aromatic ring is 1. The SMILES string of the molecule is CCc1ccc(Nc2nc(NN)ncc2Cl)cc1C. The van der Waals surface area contributed by atoms with Crippen LogP contribution >= 0.6 is 11.6 Å². The third-order valence-corrected chi connectivity index (χ3v) is 3.14. The molecule has 0 saturated heterocycles. The molecule has 2 rings (SSSR count). The summed E-state index contributed by atoms with van der Waals surface area (Å²) in [6.07, 6.45) is 2.51. The summed E-state index contributed by atoms with van der Waals surface area (Å²) in [5, 5.41) is 3.60. The van der Waals surface area contributed by atoms with Gasteiger partial charge in [0.2, 0.25) is 5.95 Å². The van der Waals surface area contributed by atoms with E-state index in [0.717, 1.165) is 12.1 Å². The predicted octanol–water partition coefficient (Wildman–Crippen LogP) is 3.03. The highest BCUT2D eigenvalue weighted by atomic mass is 35.5. The second kappa shape index (κ2) is 5.86. The average Bonchev–Trinajstić information content (AvgIpc) is 2.41. The molecule has 0 bridgehead atoms. The quantitative estimate of drug-likeness (QED) is 0.592. The topological polar surface area (TPSA) is 75.9 Å². The van der Waals surface area contributed by atoms with Crippen molar-refractivity contribution in [3.05, 3.63) is 40.5 Å². The van der Waals surface area contributed by atoms with Crippen LogP contribution in [0.5, 0.6) is 0 Å². The van der Waals surface area contributed by atoms with Crippen LogP contribution in [-0.2, 0) is 6.42 Å². The van der Waals surface area contributed by atoms with E-state index in [0.29, 0.717) is 16.8 Å². The zero-order valence-electron chi connectivity index (χ0n) is 10.9. The molecule has 1 heterocycles. The molecule has 0 fully saturated rings. The van der Waals surface area contributed by atoms with Gasteiger partial charge in [0.05, 0.1) is 6.20 Å². The fourth-order valence-electron chi connectivity index (χ4n) is 1.83. The number of nitrogens with one attached hydrogen (secondary N) is 2. The summed E-state index contributed by atoms with van der Waals surface area (Å²) in [6, 6.07) is 6.15. The molecule has 0 aliphatic heterocycles. The number of halogens is 1. The van der Waals surface area contributed by atoms with Crippen molar-refractivity contribution in [3.8, 4) is 0 Å². The molecular weight excluding hydrogens is 262 g/mol. The van der Waals surface area contributed by atoms with Gasteiger partial charge in [-0.3, -0.25) is 5.43 Å². The number of aryl methyl sites for hydroxylation is 2. The van der Waals surface area contributed by atoms with Crippen LogP contribution in [0.15, 0.2) is 24.4 Å². The van der Waals surface area contributed by atoms with Gasteiger partial charge in [-0.2, -0.15) is 4.98 Å². The van der Waals surface area contributed by atoms with Crippen molar-refractivity contribution >= 4 is 29.1 Å². The summed E-state index contributed by atoms with van der Waals surface area (Å²) in [6.45, 7) is 4.22. The zero-order chi connectivity index (χ0) is 13.8. The molecule has 0 spiro atoms. The van der Waals surface area contributed by atoms with Gasteiger partial charge >= 0.3 is 0 Å². The first kappa shape index (κ1) is 13.6. The Morgan fingerprint density at radius 1 is 1.37 bits per heavy atom. The van der Waals surface area contributed by atoms with Gasteiger partial charge in [-0.25, -0.2) is 10.8 Å². The van der Waals surface area contributed by atoms with Gasteiger partial charge < -0.3 is 5.32 Å². The Morgan fingerprint density at radius 3 is 2.79 bits per heavy atom. The maximum absolute atomic E-state index is 6.05. The van der Waals surface area contributed by atoms with Gasteiger partial charge in [0.15, 0.2) is 5.82 Å². The van der Waals surface area contributed by atoms with Gasteiger partial charge in [-0.05, 0) is 36.6 Å². The average molecular weight is 278 g/mol. The highest BCUT2D eigenvalue weighted by Gasteiger charge is 2.06. The normalized spacial score (nSPS) is 10.3. The van der Waals surface area contributed by atoms with E-state index in [4.69, 9.17) is 17.4 Å². The molecule has 0 radical (unpaired) electrons. The van der Waals surface area contributed by atoms with E-state index in [2.05, 4.69) is 46.7 Å².